The molecule has 2 unspecified atom stereocenters. The van der Waals surface area contributed by atoms with E-state index in [0.29, 0.717) is 23.5 Å². The number of thiophene rings is 1. The van der Waals surface area contributed by atoms with E-state index in [-0.39, 0.29) is 11.6 Å². The molecule has 2 fully saturated rings. The molecule has 0 spiro atoms. The zero-order valence-electron chi connectivity index (χ0n) is 10.9. The quantitative estimate of drug-likeness (QED) is 0.927. The van der Waals surface area contributed by atoms with Crippen LogP contribution in [0.25, 0.3) is 10.8 Å². The third-order valence-corrected chi connectivity index (χ3v) is 5.41. The fourth-order valence-electron chi connectivity index (χ4n) is 3.60. The molecule has 0 aromatic carbocycles. The van der Waals surface area contributed by atoms with E-state index in [1.54, 1.807) is 0 Å². The minimum absolute atomic E-state index is 0.118. The molecular weight excluding hydrogens is 274 g/mol. The molecule has 0 amide bonds. The fraction of sp³-hybridized carbons (Fsp3) is 0.467. The van der Waals surface area contributed by atoms with Crippen LogP contribution >= 0.6 is 11.3 Å². The molecule has 2 heterocycles. The number of carboxylic acids is 1. The van der Waals surface area contributed by atoms with Crippen molar-refractivity contribution in [2.75, 3.05) is 0 Å². The van der Waals surface area contributed by atoms with Crippen LogP contribution in [0, 0.1) is 11.8 Å². The standard InChI is InChI=1S/C15H15NO3S/c17-15(18)12-13(11-8-4-1-2-5-9(8)11)19-14(16-12)10-6-3-7-20-10/h3,6-9,11H,1-2,4-5H2,(H,17,18). The highest BCUT2D eigenvalue weighted by Gasteiger charge is 2.54. The molecule has 5 heteroatoms. The number of rotatable bonds is 3. The zero-order chi connectivity index (χ0) is 13.7. The van der Waals surface area contributed by atoms with Crippen molar-refractivity contribution in [2.45, 2.75) is 31.6 Å². The Balaban J connectivity index is 1.73. The molecule has 104 valence electrons. The van der Waals surface area contributed by atoms with Gasteiger partial charge in [0.15, 0.2) is 5.69 Å². The molecule has 4 nitrogen and oxygen atoms in total. The summed E-state index contributed by atoms with van der Waals surface area (Å²) in [7, 11) is 0. The predicted octanol–water partition coefficient (Wildman–Crippen LogP) is 4.00. The van der Waals surface area contributed by atoms with Gasteiger partial charge >= 0.3 is 5.97 Å². The van der Waals surface area contributed by atoms with Crippen LogP contribution in [0.3, 0.4) is 0 Å². The van der Waals surface area contributed by atoms with Gasteiger partial charge in [-0.2, -0.15) is 0 Å². The SMILES string of the molecule is O=C(O)c1nc(-c2cccs2)oc1C1C2CCCCC21. The summed E-state index contributed by atoms with van der Waals surface area (Å²) >= 11 is 1.52. The van der Waals surface area contributed by atoms with Gasteiger partial charge in [-0.05, 0) is 36.1 Å². The van der Waals surface area contributed by atoms with E-state index >= 15 is 0 Å². The second-order valence-electron chi connectivity index (χ2n) is 5.65. The number of carboxylic acid groups (broad SMARTS) is 1. The Hall–Kier alpha value is -1.62. The minimum Gasteiger partial charge on any atom is -0.476 e. The summed E-state index contributed by atoms with van der Waals surface area (Å²) in [5, 5.41) is 11.3. The van der Waals surface area contributed by atoms with Crippen molar-refractivity contribution in [1.82, 2.24) is 4.98 Å². The van der Waals surface area contributed by atoms with E-state index in [1.165, 1.54) is 37.0 Å². The lowest BCUT2D eigenvalue weighted by Crippen LogP contribution is -2.01. The normalized spacial score (nSPS) is 28.1. The molecule has 2 aliphatic carbocycles. The number of aromatic carboxylic acids is 1. The van der Waals surface area contributed by atoms with E-state index in [1.807, 2.05) is 17.5 Å². The molecule has 0 radical (unpaired) electrons. The molecule has 2 atom stereocenters. The first-order valence-electron chi connectivity index (χ1n) is 7.03. The van der Waals surface area contributed by atoms with Crippen LogP contribution in [0.1, 0.15) is 47.8 Å². The van der Waals surface area contributed by atoms with Gasteiger partial charge in [0.2, 0.25) is 5.89 Å². The second kappa shape index (κ2) is 4.45. The van der Waals surface area contributed by atoms with Crippen LogP contribution in [-0.2, 0) is 0 Å². The van der Waals surface area contributed by atoms with E-state index in [2.05, 4.69) is 4.98 Å². The van der Waals surface area contributed by atoms with E-state index in [9.17, 15) is 9.90 Å². The summed E-state index contributed by atoms with van der Waals surface area (Å²) in [5.74, 6) is 1.60. The van der Waals surface area contributed by atoms with Crippen LogP contribution in [0.15, 0.2) is 21.9 Å². The van der Waals surface area contributed by atoms with Crippen molar-refractivity contribution >= 4 is 17.3 Å². The van der Waals surface area contributed by atoms with Gasteiger partial charge in [-0.15, -0.1) is 11.3 Å². The van der Waals surface area contributed by atoms with Crippen LogP contribution in [0.4, 0.5) is 0 Å². The molecule has 2 aromatic heterocycles. The lowest BCUT2D eigenvalue weighted by atomic mass is 10.0. The van der Waals surface area contributed by atoms with Gasteiger partial charge in [-0.3, -0.25) is 0 Å². The first kappa shape index (κ1) is 12.1. The molecule has 2 aliphatic rings. The maximum Gasteiger partial charge on any atom is 0.358 e. The van der Waals surface area contributed by atoms with Crippen molar-refractivity contribution in [3.05, 3.63) is 29.0 Å². The fourth-order valence-corrected chi connectivity index (χ4v) is 4.25. The Labute approximate surface area is 120 Å². The van der Waals surface area contributed by atoms with Crippen molar-refractivity contribution < 1.29 is 14.3 Å². The summed E-state index contributed by atoms with van der Waals surface area (Å²) < 4.78 is 5.85. The average Bonchev–Trinajstić information content (AvgIpc) is 2.85. The smallest absolute Gasteiger partial charge is 0.358 e. The summed E-state index contributed by atoms with van der Waals surface area (Å²) in [5.41, 5.74) is 0.118. The Morgan fingerprint density at radius 2 is 2.10 bits per heavy atom. The molecule has 20 heavy (non-hydrogen) atoms. The zero-order valence-corrected chi connectivity index (χ0v) is 11.7. The van der Waals surface area contributed by atoms with Crippen molar-refractivity contribution in [1.29, 1.82) is 0 Å². The highest BCUT2D eigenvalue weighted by Crippen LogP contribution is 2.62. The molecule has 1 N–H and O–H groups in total. The first-order chi connectivity index (χ1) is 9.75. The topological polar surface area (TPSA) is 63.3 Å². The maximum atomic E-state index is 11.4. The number of nitrogens with zero attached hydrogens (tertiary/aromatic N) is 1. The average molecular weight is 289 g/mol. The summed E-state index contributed by atoms with van der Waals surface area (Å²) in [6.07, 6.45) is 4.91. The Bertz CT molecular complexity index is 634. The second-order valence-corrected chi connectivity index (χ2v) is 6.60. The van der Waals surface area contributed by atoms with Gasteiger partial charge in [-0.1, -0.05) is 18.9 Å². The first-order valence-corrected chi connectivity index (χ1v) is 7.91. The van der Waals surface area contributed by atoms with Gasteiger partial charge in [0, 0.05) is 5.92 Å². The lowest BCUT2D eigenvalue weighted by molar-refractivity contribution is 0.0688. The van der Waals surface area contributed by atoms with Gasteiger partial charge in [0.25, 0.3) is 0 Å². The van der Waals surface area contributed by atoms with Crippen LogP contribution < -0.4 is 0 Å². The molecule has 4 rings (SSSR count). The summed E-state index contributed by atoms with van der Waals surface area (Å²) in [6.45, 7) is 0. The van der Waals surface area contributed by atoms with Gasteiger partial charge in [0.05, 0.1) is 4.88 Å². The highest BCUT2D eigenvalue weighted by molar-refractivity contribution is 7.13. The van der Waals surface area contributed by atoms with Gasteiger partial charge in [-0.25, -0.2) is 9.78 Å². The summed E-state index contributed by atoms with van der Waals surface area (Å²) in [4.78, 5) is 16.5. The Kier molecular flexibility index (Phi) is 2.70. The van der Waals surface area contributed by atoms with E-state index < -0.39 is 5.97 Å². The van der Waals surface area contributed by atoms with Crippen molar-refractivity contribution in [3.8, 4) is 10.8 Å². The Morgan fingerprint density at radius 1 is 1.35 bits per heavy atom. The van der Waals surface area contributed by atoms with Crippen LogP contribution in [0.5, 0.6) is 0 Å². The minimum atomic E-state index is -0.977. The van der Waals surface area contributed by atoms with E-state index in [0.717, 1.165) is 4.88 Å². The number of carbonyl (C=O) groups is 1. The predicted molar refractivity (Wildman–Crippen MR) is 75.0 cm³/mol. The number of hydrogen-bond acceptors (Lipinski definition) is 4. The van der Waals surface area contributed by atoms with Gasteiger partial charge < -0.3 is 9.52 Å². The molecule has 0 aliphatic heterocycles. The summed E-state index contributed by atoms with van der Waals surface area (Å²) in [6, 6.07) is 3.83. The number of hydrogen-bond donors (Lipinski definition) is 1. The number of oxazole rings is 1. The number of aromatic nitrogens is 1. The third kappa shape index (κ3) is 1.80. The molecule has 2 aromatic rings. The lowest BCUT2D eigenvalue weighted by Gasteiger charge is -2.04. The van der Waals surface area contributed by atoms with Crippen LogP contribution in [0.2, 0.25) is 0 Å². The highest BCUT2D eigenvalue weighted by atomic mass is 32.1. The molecule has 2 saturated carbocycles. The molecular formula is C15H15NO3S. The number of fused-ring (bicyclic) bond motifs is 1. The van der Waals surface area contributed by atoms with Crippen LogP contribution in [-0.4, -0.2) is 16.1 Å². The Morgan fingerprint density at radius 3 is 2.70 bits per heavy atom. The van der Waals surface area contributed by atoms with E-state index in [4.69, 9.17) is 4.42 Å². The third-order valence-electron chi connectivity index (χ3n) is 4.55. The van der Waals surface area contributed by atoms with Crippen molar-refractivity contribution in [3.63, 3.8) is 0 Å². The van der Waals surface area contributed by atoms with Crippen molar-refractivity contribution in [2.24, 2.45) is 11.8 Å². The maximum absolute atomic E-state index is 11.4. The monoisotopic (exact) mass is 289 g/mol. The van der Waals surface area contributed by atoms with Gasteiger partial charge in [0.1, 0.15) is 5.76 Å². The molecule has 0 bridgehead atoms. The largest absolute Gasteiger partial charge is 0.476 e. The molecule has 0 saturated heterocycles.